The lowest BCUT2D eigenvalue weighted by molar-refractivity contribution is -0.147. The van der Waals surface area contributed by atoms with Gasteiger partial charge in [-0.15, -0.1) is 0 Å². The highest BCUT2D eigenvalue weighted by atomic mass is 127. The molecule has 6 atom stereocenters. The number of rotatable bonds is 2. The largest absolute Gasteiger partial charge is 0.461 e. The Morgan fingerprint density at radius 3 is 2.68 bits per heavy atom. The fourth-order valence-corrected chi connectivity index (χ4v) is 6.90. The SMILES string of the molecule is C[C@@]12CC[C@@H]3[C@H](CC=C4C[C@H](OC(=O)CI)CC[C@@]43C)[C@H]1CCC2=O. The average molecular weight is 456 g/mol. The number of halogens is 1. The first-order valence-electron chi connectivity index (χ1n) is 9.87. The van der Waals surface area contributed by atoms with Gasteiger partial charge in [-0.1, -0.05) is 48.1 Å². The van der Waals surface area contributed by atoms with Gasteiger partial charge in [0, 0.05) is 18.3 Å². The Hall–Kier alpha value is -0.390. The smallest absolute Gasteiger partial charge is 0.316 e. The predicted octanol–water partition coefficient (Wildman–Crippen LogP) is 4.87. The standard InChI is InChI=1S/C21H29IO3/c1-20-9-7-14(25-19(24)12-22)11-13(20)3-4-15-16-5-6-18(23)21(16,2)10-8-17(15)20/h3,14-17H,4-12H2,1-2H3/t14-,15-,16-,17-,20+,21-/m1/s1. The molecule has 0 aromatic heterocycles. The Kier molecular flexibility index (Phi) is 4.57. The number of allylic oxidation sites excluding steroid dienone is 1. The summed E-state index contributed by atoms with van der Waals surface area (Å²) in [6.45, 7) is 4.69. The average Bonchev–Trinajstić information content (AvgIpc) is 2.90. The lowest BCUT2D eigenvalue weighted by Gasteiger charge is -2.56. The van der Waals surface area contributed by atoms with Crippen LogP contribution in [-0.4, -0.2) is 22.3 Å². The number of ether oxygens (including phenoxy) is 1. The predicted molar refractivity (Wildman–Crippen MR) is 105 cm³/mol. The fourth-order valence-electron chi connectivity index (χ4n) is 6.72. The van der Waals surface area contributed by atoms with Crippen LogP contribution in [-0.2, 0) is 14.3 Å². The molecule has 4 heteroatoms. The first-order chi connectivity index (χ1) is 11.9. The van der Waals surface area contributed by atoms with Crippen LogP contribution in [0.5, 0.6) is 0 Å². The quantitative estimate of drug-likeness (QED) is 0.258. The molecule has 3 fully saturated rings. The van der Waals surface area contributed by atoms with E-state index in [9.17, 15) is 9.59 Å². The highest BCUT2D eigenvalue weighted by Crippen LogP contribution is 2.64. The Balaban J connectivity index is 1.56. The van der Waals surface area contributed by atoms with Crippen LogP contribution in [0.1, 0.15) is 65.2 Å². The third-order valence-electron chi connectivity index (χ3n) is 8.17. The van der Waals surface area contributed by atoms with Gasteiger partial charge in [-0.05, 0) is 61.7 Å². The summed E-state index contributed by atoms with van der Waals surface area (Å²) in [6, 6.07) is 0. The second-order valence-electron chi connectivity index (χ2n) is 9.17. The van der Waals surface area contributed by atoms with Gasteiger partial charge in [0.2, 0.25) is 0 Å². The summed E-state index contributed by atoms with van der Waals surface area (Å²) in [5.41, 5.74) is 1.73. The maximum Gasteiger partial charge on any atom is 0.316 e. The van der Waals surface area contributed by atoms with E-state index in [-0.39, 0.29) is 22.9 Å². The molecule has 0 saturated heterocycles. The summed E-state index contributed by atoms with van der Waals surface area (Å²) in [7, 11) is 0. The van der Waals surface area contributed by atoms with Crippen molar-refractivity contribution in [2.45, 2.75) is 71.3 Å². The van der Waals surface area contributed by atoms with E-state index in [1.54, 1.807) is 0 Å². The molecule has 0 amide bonds. The molecule has 0 N–H and O–H groups in total. The van der Waals surface area contributed by atoms with Gasteiger partial charge in [0.05, 0.1) is 4.43 Å². The van der Waals surface area contributed by atoms with Crippen molar-refractivity contribution >= 4 is 34.3 Å². The highest BCUT2D eigenvalue weighted by molar-refractivity contribution is 14.1. The van der Waals surface area contributed by atoms with Crippen LogP contribution in [0.4, 0.5) is 0 Å². The van der Waals surface area contributed by atoms with E-state index in [1.165, 1.54) is 12.0 Å². The topological polar surface area (TPSA) is 43.4 Å². The molecule has 3 saturated carbocycles. The first kappa shape index (κ1) is 18.0. The summed E-state index contributed by atoms with van der Waals surface area (Å²) in [5.74, 6) is 2.40. The molecule has 0 bridgehead atoms. The minimum atomic E-state index is -0.0820. The number of ketones is 1. The molecule has 4 rings (SSSR count). The van der Waals surface area contributed by atoms with Crippen molar-refractivity contribution in [3.63, 3.8) is 0 Å². The molecular formula is C21H29IO3. The Morgan fingerprint density at radius 2 is 1.92 bits per heavy atom. The van der Waals surface area contributed by atoms with Crippen LogP contribution in [0.15, 0.2) is 11.6 Å². The number of hydrogen-bond donors (Lipinski definition) is 0. The second-order valence-corrected chi connectivity index (χ2v) is 9.93. The Morgan fingerprint density at radius 1 is 1.20 bits per heavy atom. The lowest BCUT2D eigenvalue weighted by atomic mass is 9.48. The van der Waals surface area contributed by atoms with Gasteiger partial charge in [0.1, 0.15) is 11.9 Å². The Bertz CT molecular complexity index is 627. The van der Waals surface area contributed by atoms with Crippen LogP contribution in [0.3, 0.4) is 0 Å². The monoisotopic (exact) mass is 456 g/mol. The molecule has 25 heavy (non-hydrogen) atoms. The number of carbonyl (C=O) groups is 2. The Labute approximate surface area is 164 Å². The highest BCUT2D eigenvalue weighted by Gasteiger charge is 2.58. The normalized spacial score (nSPS) is 45.9. The van der Waals surface area contributed by atoms with Gasteiger partial charge in [-0.2, -0.15) is 0 Å². The lowest BCUT2D eigenvalue weighted by Crippen LogP contribution is -2.50. The van der Waals surface area contributed by atoms with Gasteiger partial charge >= 0.3 is 5.97 Å². The van der Waals surface area contributed by atoms with E-state index in [1.807, 2.05) is 0 Å². The van der Waals surface area contributed by atoms with Crippen LogP contribution in [0.2, 0.25) is 0 Å². The molecule has 0 unspecified atom stereocenters. The summed E-state index contributed by atoms with van der Waals surface area (Å²) in [4.78, 5) is 24.1. The number of Topliss-reactive ketones (excluding diaryl/α,β-unsaturated/α-hetero) is 1. The zero-order valence-electron chi connectivity index (χ0n) is 15.4. The van der Waals surface area contributed by atoms with Crippen LogP contribution in [0.25, 0.3) is 0 Å². The molecule has 0 spiro atoms. The maximum absolute atomic E-state index is 12.5. The zero-order valence-corrected chi connectivity index (χ0v) is 17.5. The van der Waals surface area contributed by atoms with Crippen LogP contribution >= 0.6 is 22.6 Å². The van der Waals surface area contributed by atoms with E-state index in [0.29, 0.717) is 28.0 Å². The first-order valence-corrected chi connectivity index (χ1v) is 11.4. The van der Waals surface area contributed by atoms with Crippen molar-refractivity contribution in [3.8, 4) is 0 Å². The molecule has 4 aliphatic rings. The molecule has 3 nitrogen and oxygen atoms in total. The number of carbonyl (C=O) groups excluding carboxylic acids is 2. The molecule has 0 radical (unpaired) electrons. The zero-order chi connectivity index (χ0) is 17.8. The fraction of sp³-hybridized carbons (Fsp3) is 0.810. The summed E-state index contributed by atoms with van der Waals surface area (Å²) >= 11 is 2.07. The molecule has 0 heterocycles. The van der Waals surface area contributed by atoms with Gasteiger partial charge < -0.3 is 4.74 Å². The van der Waals surface area contributed by atoms with Gasteiger partial charge in [-0.25, -0.2) is 0 Å². The van der Waals surface area contributed by atoms with Crippen molar-refractivity contribution in [2.75, 3.05) is 4.43 Å². The third kappa shape index (κ3) is 2.72. The van der Waals surface area contributed by atoms with Crippen molar-refractivity contribution < 1.29 is 14.3 Å². The molecule has 0 aromatic carbocycles. The van der Waals surface area contributed by atoms with E-state index in [2.05, 4.69) is 42.5 Å². The number of hydrogen-bond acceptors (Lipinski definition) is 3. The van der Waals surface area contributed by atoms with Crippen molar-refractivity contribution in [2.24, 2.45) is 28.6 Å². The summed E-state index contributed by atoms with van der Waals surface area (Å²) in [5, 5.41) is 0. The van der Waals surface area contributed by atoms with Gasteiger partial charge in [-0.3, -0.25) is 9.59 Å². The van der Waals surface area contributed by atoms with Crippen molar-refractivity contribution in [3.05, 3.63) is 11.6 Å². The van der Waals surface area contributed by atoms with Gasteiger partial charge in [0.15, 0.2) is 0 Å². The second kappa shape index (κ2) is 6.35. The number of fused-ring (bicyclic) bond motifs is 5. The van der Waals surface area contributed by atoms with Gasteiger partial charge in [0.25, 0.3) is 0 Å². The van der Waals surface area contributed by atoms with E-state index < -0.39 is 0 Å². The van der Waals surface area contributed by atoms with Crippen molar-refractivity contribution in [1.29, 1.82) is 0 Å². The van der Waals surface area contributed by atoms with Crippen LogP contribution in [0, 0.1) is 28.6 Å². The maximum atomic E-state index is 12.5. The minimum absolute atomic E-state index is 0.0457. The molecule has 0 aromatic rings. The van der Waals surface area contributed by atoms with E-state index in [0.717, 1.165) is 44.9 Å². The summed E-state index contributed by atoms with van der Waals surface area (Å²) in [6.07, 6.45) is 10.8. The molecule has 4 aliphatic carbocycles. The molecule has 0 aliphatic heterocycles. The summed E-state index contributed by atoms with van der Waals surface area (Å²) < 4.78 is 6.07. The number of esters is 1. The van der Waals surface area contributed by atoms with E-state index in [4.69, 9.17) is 4.74 Å². The number of alkyl halides is 1. The van der Waals surface area contributed by atoms with Crippen molar-refractivity contribution in [1.82, 2.24) is 0 Å². The van der Waals surface area contributed by atoms with E-state index >= 15 is 0 Å². The minimum Gasteiger partial charge on any atom is -0.461 e. The molecule has 138 valence electrons. The third-order valence-corrected chi connectivity index (χ3v) is 8.80. The molecular weight excluding hydrogens is 427 g/mol. The van der Waals surface area contributed by atoms with Crippen LogP contribution < -0.4 is 0 Å².